The number of hydrogen-bond donors (Lipinski definition) is 3. The Morgan fingerprint density at radius 2 is 1.78 bits per heavy atom. The summed E-state index contributed by atoms with van der Waals surface area (Å²) in [5.74, 6) is 0. The van der Waals surface area contributed by atoms with Crippen LogP contribution in [-0.2, 0) is 4.79 Å². The number of aliphatic hydroxyl groups excluding tert-OH is 3. The van der Waals surface area contributed by atoms with E-state index in [-0.39, 0.29) is 6.29 Å². The molecule has 0 saturated heterocycles. The molecule has 4 heteroatoms. The zero-order valence-electron chi connectivity index (χ0n) is 5.06. The Bertz CT molecular complexity index is 91.0. The van der Waals surface area contributed by atoms with E-state index in [2.05, 4.69) is 0 Å². The summed E-state index contributed by atoms with van der Waals surface area (Å²) in [6, 6.07) is 0. The van der Waals surface area contributed by atoms with Crippen LogP contribution >= 0.6 is 0 Å². The third-order valence-electron chi connectivity index (χ3n) is 0.984. The molecule has 0 spiro atoms. The molecule has 0 aromatic rings. The fourth-order valence-corrected chi connectivity index (χ4v) is 0.366. The SMILES string of the molecule is C[C@H](O)[C@@H](O)[C@@H](O)C=O. The van der Waals surface area contributed by atoms with Gasteiger partial charge in [-0.1, -0.05) is 0 Å². The molecule has 4 nitrogen and oxygen atoms in total. The molecule has 0 unspecified atom stereocenters. The van der Waals surface area contributed by atoms with Gasteiger partial charge < -0.3 is 20.1 Å². The van der Waals surface area contributed by atoms with Gasteiger partial charge in [0.15, 0.2) is 6.29 Å². The van der Waals surface area contributed by atoms with Crippen LogP contribution in [0, 0.1) is 0 Å². The highest BCUT2D eigenvalue weighted by Crippen LogP contribution is 1.95. The molecule has 0 aliphatic heterocycles. The van der Waals surface area contributed by atoms with E-state index in [1.54, 1.807) is 0 Å². The van der Waals surface area contributed by atoms with E-state index in [4.69, 9.17) is 15.3 Å². The Morgan fingerprint density at radius 3 is 1.89 bits per heavy atom. The van der Waals surface area contributed by atoms with Crippen LogP contribution in [0.1, 0.15) is 6.92 Å². The van der Waals surface area contributed by atoms with E-state index in [1.165, 1.54) is 6.92 Å². The van der Waals surface area contributed by atoms with Gasteiger partial charge in [0.1, 0.15) is 12.2 Å². The molecule has 0 aliphatic rings. The molecule has 0 bridgehead atoms. The van der Waals surface area contributed by atoms with Gasteiger partial charge >= 0.3 is 0 Å². The Kier molecular flexibility index (Phi) is 3.37. The van der Waals surface area contributed by atoms with Crippen molar-refractivity contribution in [3.05, 3.63) is 0 Å². The van der Waals surface area contributed by atoms with E-state index in [1.807, 2.05) is 0 Å². The van der Waals surface area contributed by atoms with E-state index in [9.17, 15) is 4.79 Å². The van der Waals surface area contributed by atoms with Crippen LogP contribution in [0.3, 0.4) is 0 Å². The summed E-state index contributed by atoms with van der Waals surface area (Å²) in [4.78, 5) is 9.73. The zero-order chi connectivity index (χ0) is 7.44. The van der Waals surface area contributed by atoms with Gasteiger partial charge in [-0.25, -0.2) is 0 Å². The normalized spacial score (nSPS) is 20.4. The van der Waals surface area contributed by atoms with Crippen molar-refractivity contribution in [1.29, 1.82) is 0 Å². The standard InChI is InChI=1S/C5H10O4/c1-3(7)5(9)4(8)2-6/h2-5,7-9H,1H3/t3-,4-,5+/m0/s1. The summed E-state index contributed by atoms with van der Waals surface area (Å²) in [6.45, 7) is 1.29. The van der Waals surface area contributed by atoms with Crippen molar-refractivity contribution in [2.75, 3.05) is 0 Å². The summed E-state index contributed by atoms with van der Waals surface area (Å²) < 4.78 is 0. The number of carbonyl (C=O) groups is 1. The van der Waals surface area contributed by atoms with Gasteiger partial charge in [-0.15, -0.1) is 0 Å². The van der Waals surface area contributed by atoms with Crippen molar-refractivity contribution in [3.8, 4) is 0 Å². The molecule has 54 valence electrons. The second kappa shape index (κ2) is 3.55. The van der Waals surface area contributed by atoms with Gasteiger partial charge in [0.05, 0.1) is 6.10 Å². The molecule has 0 amide bonds. The molecule has 3 N–H and O–H groups in total. The predicted octanol–water partition coefficient (Wildman–Crippen LogP) is -1.71. The molecule has 3 atom stereocenters. The van der Waals surface area contributed by atoms with Crippen LogP contribution in [-0.4, -0.2) is 39.9 Å². The molecule has 0 radical (unpaired) electrons. The molecule has 9 heavy (non-hydrogen) atoms. The van der Waals surface area contributed by atoms with E-state index >= 15 is 0 Å². The van der Waals surface area contributed by atoms with Gasteiger partial charge in [-0.2, -0.15) is 0 Å². The minimum absolute atomic E-state index is 0.178. The first-order chi connectivity index (χ1) is 4.09. The molecular formula is C5H10O4. The fraction of sp³-hybridized carbons (Fsp3) is 0.800. The van der Waals surface area contributed by atoms with E-state index < -0.39 is 18.3 Å². The van der Waals surface area contributed by atoms with Crippen LogP contribution in [0.5, 0.6) is 0 Å². The van der Waals surface area contributed by atoms with Crippen LogP contribution in [0.15, 0.2) is 0 Å². The second-order valence-electron chi connectivity index (χ2n) is 1.86. The Morgan fingerprint density at radius 1 is 1.33 bits per heavy atom. The third kappa shape index (κ3) is 2.55. The highest BCUT2D eigenvalue weighted by molar-refractivity contribution is 5.56. The van der Waals surface area contributed by atoms with Crippen molar-refractivity contribution in [3.63, 3.8) is 0 Å². The van der Waals surface area contributed by atoms with Crippen molar-refractivity contribution >= 4 is 6.29 Å². The molecule has 0 aromatic carbocycles. The van der Waals surface area contributed by atoms with E-state index in [0.717, 1.165) is 0 Å². The number of carbonyl (C=O) groups excluding carboxylic acids is 1. The fourth-order valence-electron chi connectivity index (χ4n) is 0.366. The molecule has 0 aliphatic carbocycles. The first-order valence-corrected chi connectivity index (χ1v) is 2.59. The maximum absolute atomic E-state index is 9.73. The summed E-state index contributed by atoms with van der Waals surface area (Å²) in [5, 5.41) is 25.7. The Labute approximate surface area is 52.7 Å². The highest BCUT2D eigenvalue weighted by atomic mass is 16.4. The minimum atomic E-state index is -1.48. The third-order valence-corrected chi connectivity index (χ3v) is 0.984. The zero-order valence-corrected chi connectivity index (χ0v) is 5.06. The average molecular weight is 134 g/mol. The first-order valence-electron chi connectivity index (χ1n) is 2.59. The van der Waals surface area contributed by atoms with Gasteiger partial charge in [-0.3, -0.25) is 0 Å². The largest absolute Gasteiger partial charge is 0.391 e. The van der Waals surface area contributed by atoms with Crippen molar-refractivity contribution in [2.45, 2.75) is 25.2 Å². The van der Waals surface area contributed by atoms with Crippen molar-refractivity contribution in [2.24, 2.45) is 0 Å². The quantitative estimate of drug-likeness (QED) is 0.401. The van der Waals surface area contributed by atoms with Gasteiger partial charge in [0.2, 0.25) is 0 Å². The summed E-state index contributed by atoms with van der Waals surface area (Å²) in [6.07, 6.45) is -3.75. The lowest BCUT2D eigenvalue weighted by molar-refractivity contribution is -0.125. The van der Waals surface area contributed by atoms with Crippen LogP contribution in [0.25, 0.3) is 0 Å². The Balaban J connectivity index is 3.71. The smallest absolute Gasteiger partial charge is 0.151 e. The van der Waals surface area contributed by atoms with E-state index in [0.29, 0.717) is 0 Å². The van der Waals surface area contributed by atoms with Gasteiger partial charge in [0, 0.05) is 0 Å². The number of aldehydes is 1. The lowest BCUT2D eigenvalue weighted by Gasteiger charge is -2.14. The predicted molar refractivity (Wildman–Crippen MR) is 29.8 cm³/mol. The highest BCUT2D eigenvalue weighted by Gasteiger charge is 2.19. The second-order valence-corrected chi connectivity index (χ2v) is 1.86. The molecule has 0 aromatic heterocycles. The average Bonchev–Trinajstić information content (AvgIpc) is 1.84. The topological polar surface area (TPSA) is 77.8 Å². The number of aliphatic hydroxyl groups is 3. The van der Waals surface area contributed by atoms with Gasteiger partial charge in [0.25, 0.3) is 0 Å². The molecule has 0 fully saturated rings. The molecule has 0 saturated carbocycles. The van der Waals surface area contributed by atoms with Gasteiger partial charge in [-0.05, 0) is 6.92 Å². The first kappa shape index (κ1) is 8.55. The Hall–Kier alpha value is -0.450. The summed E-state index contributed by atoms with van der Waals surface area (Å²) in [5.41, 5.74) is 0. The maximum Gasteiger partial charge on any atom is 0.151 e. The molecule has 0 rings (SSSR count). The monoisotopic (exact) mass is 134 g/mol. The van der Waals surface area contributed by atoms with Crippen molar-refractivity contribution in [1.82, 2.24) is 0 Å². The van der Waals surface area contributed by atoms with Crippen LogP contribution < -0.4 is 0 Å². The van der Waals surface area contributed by atoms with Crippen LogP contribution in [0.4, 0.5) is 0 Å². The summed E-state index contributed by atoms with van der Waals surface area (Å²) in [7, 11) is 0. The molecule has 0 heterocycles. The minimum Gasteiger partial charge on any atom is -0.391 e. The van der Waals surface area contributed by atoms with Crippen LogP contribution in [0.2, 0.25) is 0 Å². The maximum atomic E-state index is 9.73. The number of hydrogen-bond acceptors (Lipinski definition) is 4. The van der Waals surface area contributed by atoms with Crippen molar-refractivity contribution < 1.29 is 20.1 Å². The number of rotatable bonds is 3. The summed E-state index contributed by atoms with van der Waals surface area (Å²) >= 11 is 0. The molecular weight excluding hydrogens is 124 g/mol. The lowest BCUT2D eigenvalue weighted by Crippen LogP contribution is -2.36. The lowest BCUT2D eigenvalue weighted by atomic mass is 10.1.